The molecule has 0 aliphatic rings. The zero-order chi connectivity index (χ0) is 21.4. The Labute approximate surface area is 177 Å². The van der Waals surface area contributed by atoms with Crippen LogP contribution in [0.5, 0.6) is 0 Å². The largest absolute Gasteiger partial charge is 0.337 e. The molecule has 0 amide bonds. The fraction of sp³-hybridized carbons (Fsp3) is 0.182. The Morgan fingerprint density at radius 1 is 1.00 bits per heavy atom. The molecule has 0 unspecified atom stereocenters. The number of rotatable bonds is 5. The fourth-order valence-electron chi connectivity index (χ4n) is 3.34. The van der Waals surface area contributed by atoms with E-state index in [0.29, 0.717) is 23.9 Å². The van der Waals surface area contributed by atoms with Gasteiger partial charge in [-0.1, -0.05) is 64.0 Å². The van der Waals surface area contributed by atoms with Gasteiger partial charge in [0.25, 0.3) is 5.56 Å². The lowest BCUT2D eigenvalue weighted by Crippen LogP contribution is -2.21. The van der Waals surface area contributed by atoms with Crippen LogP contribution in [0.25, 0.3) is 22.6 Å². The van der Waals surface area contributed by atoms with Crippen molar-refractivity contribution in [3.63, 3.8) is 0 Å². The number of aromatic nitrogens is 7. The second-order valence-corrected chi connectivity index (χ2v) is 7.46. The highest BCUT2D eigenvalue weighted by atomic mass is 16.5. The van der Waals surface area contributed by atoms with E-state index in [1.807, 2.05) is 62.4 Å². The molecule has 31 heavy (non-hydrogen) atoms. The lowest BCUT2D eigenvalue weighted by molar-refractivity contribution is 0.369. The number of benzene rings is 2. The molecule has 9 nitrogen and oxygen atoms in total. The molecular formula is C22H19N7O2. The van der Waals surface area contributed by atoms with Crippen LogP contribution in [0.4, 0.5) is 0 Å². The molecule has 9 heteroatoms. The summed E-state index contributed by atoms with van der Waals surface area (Å²) >= 11 is 0. The number of hydrogen-bond acceptors (Lipinski definition) is 7. The van der Waals surface area contributed by atoms with Crippen LogP contribution in [0, 0.1) is 13.8 Å². The molecule has 0 spiro atoms. The molecule has 0 saturated heterocycles. The zero-order valence-corrected chi connectivity index (χ0v) is 17.1. The van der Waals surface area contributed by atoms with E-state index in [1.54, 1.807) is 4.68 Å². The Balaban J connectivity index is 1.41. The second-order valence-electron chi connectivity index (χ2n) is 7.46. The Bertz CT molecular complexity index is 1430. The van der Waals surface area contributed by atoms with Gasteiger partial charge in [0, 0.05) is 5.56 Å². The minimum atomic E-state index is -0.310. The lowest BCUT2D eigenvalue weighted by Gasteiger charge is -2.04. The van der Waals surface area contributed by atoms with Crippen molar-refractivity contribution in [1.29, 1.82) is 0 Å². The van der Waals surface area contributed by atoms with Crippen LogP contribution in [0.1, 0.15) is 22.6 Å². The smallest absolute Gasteiger partial charge is 0.283 e. The standard InChI is InChI=1S/C22H19N7O2/c1-14-6-8-16(9-7-14)11-29-21-19(25-27-29)22(30)28(13-23-21)12-18-24-20(26-31-18)17-5-3-4-15(2)10-17/h3-10,13H,11-12H2,1-2H3. The number of aryl methyl sites for hydroxylation is 2. The SMILES string of the molecule is Cc1ccc(Cn2nnc3c(=O)n(Cc4nc(-c5cccc(C)c5)no4)cnc32)cc1. The third kappa shape index (κ3) is 3.73. The van der Waals surface area contributed by atoms with Gasteiger partial charge in [-0.25, -0.2) is 9.67 Å². The van der Waals surface area contributed by atoms with E-state index in [1.165, 1.54) is 16.5 Å². The number of hydrogen-bond donors (Lipinski definition) is 0. The van der Waals surface area contributed by atoms with E-state index in [4.69, 9.17) is 4.52 Å². The van der Waals surface area contributed by atoms with Crippen molar-refractivity contribution in [2.75, 3.05) is 0 Å². The van der Waals surface area contributed by atoms with Gasteiger partial charge >= 0.3 is 0 Å². The summed E-state index contributed by atoms with van der Waals surface area (Å²) in [4.78, 5) is 21.7. The first-order chi connectivity index (χ1) is 15.1. The summed E-state index contributed by atoms with van der Waals surface area (Å²) in [5.74, 6) is 0.789. The van der Waals surface area contributed by atoms with Gasteiger partial charge in [-0.2, -0.15) is 4.98 Å². The van der Waals surface area contributed by atoms with Crippen LogP contribution >= 0.6 is 0 Å². The molecule has 0 aliphatic carbocycles. The predicted octanol–water partition coefficient (Wildman–Crippen LogP) is 2.75. The average molecular weight is 413 g/mol. The summed E-state index contributed by atoms with van der Waals surface area (Å²) in [5, 5.41) is 12.2. The maximum atomic E-state index is 12.9. The molecule has 154 valence electrons. The zero-order valence-electron chi connectivity index (χ0n) is 17.1. The van der Waals surface area contributed by atoms with Crippen LogP contribution in [0.2, 0.25) is 0 Å². The van der Waals surface area contributed by atoms with E-state index >= 15 is 0 Å². The second kappa shape index (κ2) is 7.60. The van der Waals surface area contributed by atoms with Crippen molar-refractivity contribution in [2.45, 2.75) is 26.9 Å². The Hall–Kier alpha value is -4.14. The van der Waals surface area contributed by atoms with Crippen molar-refractivity contribution >= 4 is 11.2 Å². The van der Waals surface area contributed by atoms with Gasteiger partial charge in [0.1, 0.15) is 12.9 Å². The van der Waals surface area contributed by atoms with Crippen LogP contribution in [0.15, 0.2) is 64.2 Å². The molecular weight excluding hydrogens is 394 g/mol. The monoisotopic (exact) mass is 413 g/mol. The van der Waals surface area contributed by atoms with E-state index in [-0.39, 0.29) is 17.6 Å². The van der Waals surface area contributed by atoms with Gasteiger partial charge in [0.15, 0.2) is 11.2 Å². The first-order valence-electron chi connectivity index (χ1n) is 9.80. The molecule has 0 fully saturated rings. The molecule has 0 saturated carbocycles. The van der Waals surface area contributed by atoms with Crippen molar-refractivity contribution in [3.05, 3.63) is 87.8 Å². The van der Waals surface area contributed by atoms with Crippen LogP contribution in [-0.4, -0.2) is 34.7 Å². The lowest BCUT2D eigenvalue weighted by atomic mass is 10.1. The maximum absolute atomic E-state index is 12.9. The molecule has 0 bridgehead atoms. The predicted molar refractivity (Wildman–Crippen MR) is 113 cm³/mol. The Morgan fingerprint density at radius 3 is 2.65 bits per heavy atom. The highest BCUT2D eigenvalue weighted by Crippen LogP contribution is 2.17. The molecule has 5 aromatic rings. The summed E-state index contributed by atoms with van der Waals surface area (Å²) in [6.07, 6.45) is 1.45. The average Bonchev–Trinajstić information content (AvgIpc) is 3.40. The van der Waals surface area contributed by atoms with E-state index in [0.717, 1.165) is 16.7 Å². The number of nitrogens with zero attached hydrogens (tertiary/aromatic N) is 7. The summed E-state index contributed by atoms with van der Waals surface area (Å²) in [7, 11) is 0. The third-order valence-electron chi connectivity index (χ3n) is 4.99. The molecule has 0 atom stereocenters. The number of fused-ring (bicyclic) bond motifs is 1. The van der Waals surface area contributed by atoms with Crippen LogP contribution in [0.3, 0.4) is 0 Å². The van der Waals surface area contributed by atoms with Crippen LogP contribution in [-0.2, 0) is 13.1 Å². The van der Waals surface area contributed by atoms with Gasteiger partial charge in [0.2, 0.25) is 11.7 Å². The topological polar surface area (TPSA) is 105 Å². The molecule has 0 aliphatic heterocycles. The quantitative estimate of drug-likeness (QED) is 0.436. The van der Waals surface area contributed by atoms with E-state index < -0.39 is 0 Å². The van der Waals surface area contributed by atoms with Gasteiger partial charge in [-0.15, -0.1) is 5.10 Å². The van der Waals surface area contributed by atoms with E-state index in [9.17, 15) is 4.79 Å². The minimum absolute atomic E-state index is 0.103. The fourth-order valence-corrected chi connectivity index (χ4v) is 3.34. The Morgan fingerprint density at radius 2 is 1.84 bits per heavy atom. The van der Waals surface area contributed by atoms with Gasteiger partial charge in [-0.05, 0) is 25.5 Å². The van der Waals surface area contributed by atoms with Gasteiger partial charge in [-0.3, -0.25) is 9.36 Å². The Kier molecular flexibility index (Phi) is 4.62. The third-order valence-corrected chi connectivity index (χ3v) is 4.99. The highest BCUT2D eigenvalue weighted by Gasteiger charge is 2.15. The summed E-state index contributed by atoms with van der Waals surface area (Å²) in [5.41, 5.74) is 4.52. The first kappa shape index (κ1) is 18.9. The highest BCUT2D eigenvalue weighted by molar-refractivity contribution is 5.67. The van der Waals surface area contributed by atoms with Crippen LogP contribution < -0.4 is 5.56 Å². The molecule has 2 aromatic carbocycles. The molecule has 0 radical (unpaired) electrons. The van der Waals surface area contributed by atoms with Crippen molar-refractivity contribution in [1.82, 2.24) is 34.7 Å². The van der Waals surface area contributed by atoms with E-state index in [2.05, 4.69) is 25.4 Å². The van der Waals surface area contributed by atoms with Crippen molar-refractivity contribution < 1.29 is 4.52 Å². The van der Waals surface area contributed by atoms with Gasteiger partial charge < -0.3 is 4.52 Å². The van der Waals surface area contributed by atoms with Crippen molar-refractivity contribution in [2.24, 2.45) is 0 Å². The summed E-state index contributed by atoms with van der Waals surface area (Å²) in [6, 6.07) is 15.9. The molecule has 0 N–H and O–H groups in total. The maximum Gasteiger partial charge on any atom is 0.283 e. The minimum Gasteiger partial charge on any atom is -0.337 e. The first-order valence-corrected chi connectivity index (χ1v) is 9.80. The molecule has 5 rings (SSSR count). The molecule has 3 heterocycles. The summed E-state index contributed by atoms with van der Waals surface area (Å²) < 4.78 is 8.34. The molecule has 3 aromatic heterocycles. The normalized spacial score (nSPS) is 11.3. The van der Waals surface area contributed by atoms with Crippen molar-refractivity contribution in [3.8, 4) is 11.4 Å². The van der Waals surface area contributed by atoms with Gasteiger partial charge in [0.05, 0.1) is 6.54 Å². The summed E-state index contributed by atoms with van der Waals surface area (Å²) in [6.45, 7) is 4.62.